The van der Waals surface area contributed by atoms with Gasteiger partial charge in [-0.05, 0) is 37.5 Å². The Hall–Kier alpha value is -1.92. The molecule has 1 saturated carbocycles. The molecule has 4 nitrogen and oxygen atoms in total. The summed E-state index contributed by atoms with van der Waals surface area (Å²) in [7, 11) is 0. The van der Waals surface area contributed by atoms with Crippen LogP contribution in [-0.2, 0) is 0 Å². The van der Waals surface area contributed by atoms with E-state index in [1.807, 2.05) is 0 Å². The van der Waals surface area contributed by atoms with E-state index in [1.165, 1.54) is 0 Å². The third-order valence-corrected chi connectivity index (χ3v) is 4.02. The van der Waals surface area contributed by atoms with Crippen LogP contribution in [0.1, 0.15) is 25.7 Å². The van der Waals surface area contributed by atoms with E-state index in [9.17, 15) is 18.0 Å². The Kier molecular flexibility index (Phi) is 3.43. The first-order valence-corrected chi connectivity index (χ1v) is 6.97. The third-order valence-electron chi connectivity index (χ3n) is 4.02. The number of aromatic amines is 2. The van der Waals surface area contributed by atoms with Crippen LogP contribution in [0.3, 0.4) is 0 Å². The minimum atomic E-state index is -4.11. The number of benzene rings is 1. The highest BCUT2D eigenvalue weighted by Gasteiger charge is 2.42. The number of H-pyrrole nitrogens is 2. The van der Waals surface area contributed by atoms with Gasteiger partial charge in [-0.15, -0.1) is 0 Å². The van der Waals surface area contributed by atoms with Crippen LogP contribution in [-0.4, -0.2) is 22.2 Å². The lowest BCUT2D eigenvalue weighted by molar-refractivity contribution is -0.182. The van der Waals surface area contributed by atoms with E-state index in [1.54, 1.807) is 18.2 Å². The zero-order chi connectivity index (χ0) is 15.0. The van der Waals surface area contributed by atoms with Crippen molar-refractivity contribution in [2.45, 2.75) is 37.9 Å². The Morgan fingerprint density at radius 2 is 1.90 bits per heavy atom. The van der Waals surface area contributed by atoms with Crippen molar-refractivity contribution in [2.75, 3.05) is 5.32 Å². The van der Waals surface area contributed by atoms with Crippen molar-refractivity contribution in [3.05, 3.63) is 28.7 Å². The van der Waals surface area contributed by atoms with E-state index in [-0.39, 0.29) is 24.6 Å². The monoisotopic (exact) mass is 299 g/mol. The van der Waals surface area contributed by atoms with E-state index < -0.39 is 12.1 Å². The number of imidazole rings is 1. The maximum absolute atomic E-state index is 12.8. The molecule has 0 aliphatic heterocycles. The van der Waals surface area contributed by atoms with Crippen LogP contribution < -0.4 is 11.0 Å². The van der Waals surface area contributed by atoms with E-state index in [4.69, 9.17) is 0 Å². The Morgan fingerprint density at radius 1 is 1.14 bits per heavy atom. The summed E-state index contributed by atoms with van der Waals surface area (Å²) in [6.45, 7) is 0. The molecule has 0 saturated heterocycles. The van der Waals surface area contributed by atoms with Crippen LogP contribution in [0.4, 0.5) is 18.9 Å². The van der Waals surface area contributed by atoms with Crippen molar-refractivity contribution in [3.8, 4) is 0 Å². The van der Waals surface area contributed by atoms with Gasteiger partial charge in [0.05, 0.1) is 17.0 Å². The number of alkyl halides is 3. The predicted octanol–water partition coefficient (Wildman–Crippen LogP) is 3.39. The van der Waals surface area contributed by atoms with Gasteiger partial charge in [-0.2, -0.15) is 13.2 Å². The molecule has 7 heteroatoms. The quantitative estimate of drug-likeness (QED) is 0.796. The molecule has 114 valence electrons. The molecule has 3 N–H and O–H groups in total. The Bertz CT molecular complexity index is 689. The SMILES string of the molecule is O=c1[nH]c2ccc(NC3CCCC(C(F)(F)F)C3)cc2[nH]1. The number of anilines is 1. The molecule has 1 aromatic heterocycles. The highest BCUT2D eigenvalue weighted by molar-refractivity contribution is 5.78. The second-order valence-corrected chi connectivity index (χ2v) is 5.59. The Labute approximate surface area is 118 Å². The summed E-state index contributed by atoms with van der Waals surface area (Å²) in [6.07, 6.45) is -2.49. The smallest absolute Gasteiger partial charge is 0.382 e. The number of nitrogens with one attached hydrogen (secondary N) is 3. The molecule has 2 aromatic rings. The lowest BCUT2D eigenvalue weighted by Crippen LogP contribution is -2.34. The van der Waals surface area contributed by atoms with Gasteiger partial charge in [0, 0.05) is 11.7 Å². The first-order valence-electron chi connectivity index (χ1n) is 6.97. The van der Waals surface area contributed by atoms with Crippen LogP contribution >= 0.6 is 0 Å². The van der Waals surface area contributed by atoms with Crippen LogP contribution in [0.25, 0.3) is 11.0 Å². The zero-order valence-electron chi connectivity index (χ0n) is 11.3. The van der Waals surface area contributed by atoms with E-state index in [0.29, 0.717) is 17.5 Å². The largest absolute Gasteiger partial charge is 0.391 e. The maximum atomic E-state index is 12.8. The van der Waals surface area contributed by atoms with Crippen molar-refractivity contribution in [1.29, 1.82) is 0 Å². The summed E-state index contributed by atoms with van der Waals surface area (Å²) in [4.78, 5) is 16.5. The number of halogens is 3. The molecule has 0 amide bonds. The molecular formula is C14H16F3N3O. The normalized spacial score (nSPS) is 23.4. The van der Waals surface area contributed by atoms with Gasteiger partial charge >= 0.3 is 11.9 Å². The summed E-state index contributed by atoms with van der Waals surface area (Å²) in [5.41, 5.74) is 1.76. The van der Waals surface area contributed by atoms with Crippen molar-refractivity contribution in [1.82, 2.24) is 9.97 Å². The maximum Gasteiger partial charge on any atom is 0.391 e. The summed E-state index contributed by atoms with van der Waals surface area (Å²) >= 11 is 0. The zero-order valence-corrected chi connectivity index (χ0v) is 11.3. The van der Waals surface area contributed by atoms with Gasteiger partial charge in [-0.25, -0.2) is 4.79 Å². The van der Waals surface area contributed by atoms with Gasteiger partial charge in [0.2, 0.25) is 0 Å². The fourth-order valence-corrected chi connectivity index (χ4v) is 2.98. The van der Waals surface area contributed by atoms with Crippen molar-refractivity contribution in [3.63, 3.8) is 0 Å². The number of hydrogen-bond donors (Lipinski definition) is 3. The fraction of sp³-hybridized carbons (Fsp3) is 0.500. The molecule has 0 radical (unpaired) electrons. The van der Waals surface area contributed by atoms with Gasteiger partial charge < -0.3 is 15.3 Å². The van der Waals surface area contributed by atoms with Gasteiger partial charge in [-0.1, -0.05) is 6.42 Å². The first kappa shape index (κ1) is 14.0. The molecule has 1 aliphatic rings. The standard InChI is InChI=1S/C14H16F3N3O/c15-14(16,17)8-2-1-3-9(6-8)18-10-4-5-11-12(7-10)20-13(21)19-11/h4-5,7-9,18H,1-3,6H2,(H2,19,20,21). The van der Waals surface area contributed by atoms with Crippen LogP contribution in [0.15, 0.2) is 23.0 Å². The minimum Gasteiger partial charge on any atom is -0.382 e. The Balaban J connectivity index is 1.73. The van der Waals surface area contributed by atoms with Crippen LogP contribution in [0.2, 0.25) is 0 Å². The molecule has 1 aliphatic carbocycles. The lowest BCUT2D eigenvalue weighted by atomic mass is 9.85. The molecule has 21 heavy (non-hydrogen) atoms. The number of hydrogen-bond acceptors (Lipinski definition) is 2. The lowest BCUT2D eigenvalue weighted by Gasteiger charge is -2.31. The summed E-state index contributed by atoms with van der Waals surface area (Å²) < 4.78 is 38.4. The summed E-state index contributed by atoms with van der Waals surface area (Å²) in [6, 6.07) is 5.06. The summed E-state index contributed by atoms with van der Waals surface area (Å²) in [5, 5.41) is 3.15. The van der Waals surface area contributed by atoms with Crippen molar-refractivity contribution < 1.29 is 13.2 Å². The molecule has 1 fully saturated rings. The topological polar surface area (TPSA) is 60.7 Å². The highest BCUT2D eigenvalue weighted by Crippen LogP contribution is 2.38. The number of rotatable bonds is 2. The van der Waals surface area contributed by atoms with Crippen LogP contribution in [0.5, 0.6) is 0 Å². The molecule has 0 spiro atoms. The molecular weight excluding hydrogens is 283 g/mol. The van der Waals surface area contributed by atoms with Gasteiger partial charge in [0.25, 0.3) is 0 Å². The van der Waals surface area contributed by atoms with Crippen molar-refractivity contribution in [2.24, 2.45) is 5.92 Å². The molecule has 1 aromatic carbocycles. The molecule has 2 atom stereocenters. The average Bonchev–Trinajstić information content (AvgIpc) is 2.77. The molecule has 0 bridgehead atoms. The second kappa shape index (κ2) is 5.13. The van der Waals surface area contributed by atoms with E-state index in [2.05, 4.69) is 15.3 Å². The van der Waals surface area contributed by atoms with E-state index in [0.717, 1.165) is 12.1 Å². The fourth-order valence-electron chi connectivity index (χ4n) is 2.98. The third kappa shape index (κ3) is 3.06. The number of fused-ring (bicyclic) bond motifs is 1. The van der Waals surface area contributed by atoms with Gasteiger partial charge in [0.15, 0.2) is 0 Å². The average molecular weight is 299 g/mol. The predicted molar refractivity (Wildman–Crippen MR) is 74.3 cm³/mol. The molecule has 2 unspecified atom stereocenters. The van der Waals surface area contributed by atoms with Crippen LogP contribution in [0, 0.1) is 5.92 Å². The first-order chi connectivity index (χ1) is 9.91. The summed E-state index contributed by atoms with van der Waals surface area (Å²) in [5.74, 6) is -1.22. The Morgan fingerprint density at radius 3 is 2.67 bits per heavy atom. The van der Waals surface area contributed by atoms with Crippen molar-refractivity contribution >= 4 is 16.7 Å². The minimum absolute atomic E-state index is 0.102. The van der Waals surface area contributed by atoms with E-state index >= 15 is 0 Å². The molecule has 1 heterocycles. The molecule has 3 rings (SSSR count). The van der Waals surface area contributed by atoms with Gasteiger partial charge in [0.1, 0.15) is 0 Å². The van der Waals surface area contributed by atoms with Gasteiger partial charge in [-0.3, -0.25) is 0 Å². The highest BCUT2D eigenvalue weighted by atomic mass is 19.4. The second-order valence-electron chi connectivity index (χ2n) is 5.59. The number of aromatic nitrogens is 2.